The molecule has 9 heteroatoms. The zero-order valence-electron chi connectivity index (χ0n) is 15.7. The number of hydrogen-bond acceptors (Lipinski definition) is 8. The maximum absolute atomic E-state index is 12.2. The van der Waals surface area contributed by atoms with E-state index in [4.69, 9.17) is 13.9 Å². The average molecular weight is 414 g/mol. The second-order valence-electron chi connectivity index (χ2n) is 6.56. The van der Waals surface area contributed by atoms with Crippen molar-refractivity contribution in [2.45, 2.75) is 25.9 Å². The molecule has 1 fully saturated rings. The molecular formula is C20H18N2O6S. The lowest BCUT2D eigenvalue weighted by Crippen LogP contribution is -2.23. The van der Waals surface area contributed by atoms with E-state index in [1.54, 1.807) is 28.5 Å². The molecule has 0 spiro atoms. The van der Waals surface area contributed by atoms with Gasteiger partial charge in [-0.1, -0.05) is 0 Å². The first-order valence-electron chi connectivity index (χ1n) is 9.04. The van der Waals surface area contributed by atoms with Crippen molar-refractivity contribution in [2.24, 2.45) is 0 Å². The number of ether oxygens (including phenoxy) is 2. The van der Waals surface area contributed by atoms with Crippen LogP contribution >= 0.6 is 11.3 Å². The predicted octanol–water partition coefficient (Wildman–Crippen LogP) is 2.67. The summed E-state index contributed by atoms with van der Waals surface area (Å²) in [6, 6.07) is 6.41. The quantitative estimate of drug-likeness (QED) is 0.452. The minimum Gasteiger partial charge on any atom is -0.497 e. The lowest BCUT2D eigenvalue weighted by Gasteiger charge is -2.10. The number of carbonyl (C=O) groups excluding carboxylic acids is 2. The first-order valence-corrected chi connectivity index (χ1v) is 9.92. The summed E-state index contributed by atoms with van der Waals surface area (Å²) in [5, 5.41) is 3.03. The number of fused-ring (bicyclic) bond motifs is 1. The van der Waals surface area contributed by atoms with E-state index in [2.05, 4.69) is 4.98 Å². The Morgan fingerprint density at radius 3 is 2.93 bits per heavy atom. The molecule has 0 bridgehead atoms. The number of benzene rings is 1. The van der Waals surface area contributed by atoms with Gasteiger partial charge in [-0.3, -0.25) is 14.5 Å². The Kier molecular flexibility index (Phi) is 5.30. The highest BCUT2D eigenvalue weighted by Gasteiger charge is 2.24. The molecular weight excluding hydrogens is 396 g/mol. The largest absolute Gasteiger partial charge is 0.497 e. The molecule has 0 aliphatic carbocycles. The van der Waals surface area contributed by atoms with Gasteiger partial charge in [0, 0.05) is 41.4 Å². The van der Waals surface area contributed by atoms with Crippen LogP contribution in [0.3, 0.4) is 0 Å². The molecule has 3 heterocycles. The summed E-state index contributed by atoms with van der Waals surface area (Å²) < 4.78 is 15.7. The SMILES string of the molecule is COc1ccc2c(COC(=O)Cc3csc(N4CCCC4=O)n3)cc(=O)oc2c1. The molecule has 3 aromatic rings. The smallest absolute Gasteiger partial charge is 0.336 e. The molecule has 1 amide bonds. The summed E-state index contributed by atoms with van der Waals surface area (Å²) in [7, 11) is 1.52. The summed E-state index contributed by atoms with van der Waals surface area (Å²) in [6.45, 7) is 0.597. The molecule has 29 heavy (non-hydrogen) atoms. The maximum atomic E-state index is 12.2. The maximum Gasteiger partial charge on any atom is 0.336 e. The number of carbonyl (C=O) groups is 2. The second kappa shape index (κ2) is 8.04. The third kappa shape index (κ3) is 4.14. The number of esters is 1. The third-order valence-corrected chi connectivity index (χ3v) is 5.51. The number of anilines is 1. The zero-order valence-corrected chi connectivity index (χ0v) is 16.5. The molecule has 0 atom stereocenters. The van der Waals surface area contributed by atoms with Gasteiger partial charge in [0.15, 0.2) is 5.13 Å². The fraction of sp³-hybridized carbons (Fsp3) is 0.300. The minimum absolute atomic E-state index is 0.00821. The Labute approximate surface area is 169 Å². The highest BCUT2D eigenvalue weighted by atomic mass is 32.1. The van der Waals surface area contributed by atoms with Crippen LogP contribution in [0.4, 0.5) is 5.13 Å². The van der Waals surface area contributed by atoms with Gasteiger partial charge in [-0.05, 0) is 18.6 Å². The topological polar surface area (TPSA) is 98.9 Å². The van der Waals surface area contributed by atoms with E-state index in [0.29, 0.717) is 46.1 Å². The first kappa shape index (κ1) is 19.1. The first-order chi connectivity index (χ1) is 14.0. The van der Waals surface area contributed by atoms with Crippen LogP contribution in [0.5, 0.6) is 5.75 Å². The summed E-state index contributed by atoms with van der Waals surface area (Å²) >= 11 is 1.33. The van der Waals surface area contributed by atoms with Crippen LogP contribution < -0.4 is 15.3 Å². The van der Waals surface area contributed by atoms with E-state index in [-0.39, 0.29) is 18.9 Å². The fourth-order valence-corrected chi connectivity index (χ4v) is 4.03. The minimum atomic E-state index is -0.531. The van der Waals surface area contributed by atoms with Gasteiger partial charge < -0.3 is 13.9 Å². The van der Waals surface area contributed by atoms with Crippen molar-refractivity contribution < 1.29 is 23.5 Å². The van der Waals surface area contributed by atoms with Gasteiger partial charge in [0.05, 0.1) is 19.2 Å². The Balaban J connectivity index is 1.43. The van der Waals surface area contributed by atoms with Crippen molar-refractivity contribution >= 4 is 39.3 Å². The highest BCUT2D eigenvalue weighted by molar-refractivity contribution is 7.14. The van der Waals surface area contributed by atoms with Crippen LogP contribution in [0.2, 0.25) is 0 Å². The molecule has 0 radical (unpaired) electrons. The lowest BCUT2D eigenvalue weighted by molar-refractivity contribution is -0.144. The van der Waals surface area contributed by atoms with Gasteiger partial charge in [0.1, 0.15) is 17.9 Å². The summed E-state index contributed by atoms with van der Waals surface area (Å²) in [6.07, 6.45) is 1.34. The summed E-state index contributed by atoms with van der Waals surface area (Å²) in [4.78, 5) is 41.9. The standard InChI is InChI=1S/C20H18N2O6S/c1-26-14-4-5-15-12(7-19(25)28-16(15)9-14)10-27-18(24)8-13-11-29-20(21-13)22-6-2-3-17(22)23/h4-5,7,9,11H,2-3,6,8,10H2,1H3. The number of hydrogen-bond donors (Lipinski definition) is 0. The number of rotatable bonds is 6. The van der Waals surface area contributed by atoms with Crippen molar-refractivity contribution in [2.75, 3.05) is 18.6 Å². The van der Waals surface area contributed by atoms with Crippen LogP contribution in [-0.2, 0) is 27.4 Å². The Morgan fingerprint density at radius 2 is 2.17 bits per heavy atom. The van der Waals surface area contributed by atoms with E-state index < -0.39 is 11.6 Å². The van der Waals surface area contributed by atoms with Crippen molar-refractivity contribution in [3.8, 4) is 5.75 Å². The van der Waals surface area contributed by atoms with E-state index in [0.717, 1.165) is 6.42 Å². The van der Waals surface area contributed by atoms with Crippen molar-refractivity contribution in [3.05, 3.63) is 51.3 Å². The number of aromatic nitrogens is 1. The average Bonchev–Trinajstić information content (AvgIpc) is 3.33. The van der Waals surface area contributed by atoms with Crippen molar-refractivity contribution in [1.82, 2.24) is 4.98 Å². The second-order valence-corrected chi connectivity index (χ2v) is 7.40. The molecule has 2 aromatic heterocycles. The molecule has 4 rings (SSSR count). The van der Waals surface area contributed by atoms with E-state index in [1.165, 1.54) is 24.5 Å². The molecule has 0 unspecified atom stereocenters. The zero-order chi connectivity index (χ0) is 20.4. The Bertz CT molecular complexity index is 1140. The van der Waals surface area contributed by atoms with Gasteiger partial charge in [-0.2, -0.15) is 0 Å². The summed E-state index contributed by atoms with van der Waals surface area (Å²) in [5.74, 6) is 0.148. The third-order valence-electron chi connectivity index (χ3n) is 4.60. The number of methoxy groups -OCH3 is 1. The summed E-state index contributed by atoms with van der Waals surface area (Å²) in [5.41, 5.74) is 0.935. The van der Waals surface area contributed by atoms with Crippen molar-refractivity contribution in [1.29, 1.82) is 0 Å². The van der Waals surface area contributed by atoms with Gasteiger partial charge in [0.2, 0.25) is 5.91 Å². The van der Waals surface area contributed by atoms with Crippen molar-refractivity contribution in [3.63, 3.8) is 0 Å². The normalized spacial score (nSPS) is 13.8. The number of amides is 1. The lowest BCUT2D eigenvalue weighted by atomic mass is 10.1. The van der Waals surface area contributed by atoms with Gasteiger partial charge >= 0.3 is 11.6 Å². The monoisotopic (exact) mass is 414 g/mol. The van der Waals surface area contributed by atoms with Crippen LogP contribution in [0, 0.1) is 0 Å². The molecule has 150 valence electrons. The molecule has 0 saturated carbocycles. The Morgan fingerprint density at radius 1 is 1.31 bits per heavy atom. The predicted molar refractivity (Wildman–Crippen MR) is 106 cm³/mol. The number of thiazole rings is 1. The molecule has 1 saturated heterocycles. The molecule has 1 aliphatic heterocycles. The van der Waals surface area contributed by atoms with E-state index in [9.17, 15) is 14.4 Å². The van der Waals surface area contributed by atoms with Crippen LogP contribution in [0.15, 0.2) is 38.9 Å². The van der Waals surface area contributed by atoms with Gasteiger partial charge in [-0.25, -0.2) is 9.78 Å². The molecule has 1 aliphatic rings. The molecule has 8 nitrogen and oxygen atoms in total. The van der Waals surface area contributed by atoms with Crippen LogP contribution in [0.25, 0.3) is 11.0 Å². The molecule has 1 aromatic carbocycles. The van der Waals surface area contributed by atoms with Crippen LogP contribution in [0.1, 0.15) is 24.1 Å². The van der Waals surface area contributed by atoms with Crippen LogP contribution in [-0.4, -0.2) is 30.5 Å². The Hall–Kier alpha value is -3.20. The van der Waals surface area contributed by atoms with E-state index in [1.807, 2.05) is 0 Å². The highest BCUT2D eigenvalue weighted by Crippen LogP contribution is 2.26. The number of nitrogens with zero attached hydrogens (tertiary/aromatic N) is 2. The van der Waals surface area contributed by atoms with Gasteiger partial charge in [-0.15, -0.1) is 11.3 Å². The molecule has 0 N–H and O–H groups in total. The van der Waals surface area contributed by atoms with Gasteiger partial charge in [0.25, 0.3) is 0 Å². The van der Waals surface area contributed by atoms with E-state index >= 15 is 0 Å². The fourth-order valence-electron chi connectivity index (χ4n) is 3.17.